The molecule has 3 nitrogen and oxygen atoms in total. The minimum absolute atomic E-state index is 0.473. The van der Waals surface area contributed by atoms with Crippen LogP contribution in [0, 0.1) is 24.2 Å². The summed E-state index contributed by atoms with van der Waals surface area (Å²) in [6, 6.07) is 9.06. The first-order valence-corrected chi connectivity index (χ1v) is 10.8. The van der Waals surface area contributed by atoms with Crippen molar-refractivity contribution in [1.29, 1.82) is 0 Å². The Balaban J connectivity index is 1.23. The first kappa shape index (κ1) is 18.3. The van der Waals surface area contributed by atoms with Crippen LogP contribution < -0.4 is 4.90 Å². The van der Waals surface area contributed by atoms with Crippen molar-refractivity contribution in [1.82, 2.24) is 4.90 Å². The highest BCUT2D eigenvalue weighted by Crippen LogP contribution is 2.40. The molecule has 26 heavy (non-hydrogen) atoms. The summed E-state index contributed by atoms with van der Waals surface area (Å²) >= 11 is 0. The van der Waals surface area contributed by atoms with Gasteiger partial charge in [-0.1, -0.05) is 31.5 Å². The summed E-state index contributed by atoms with van der Waals surface area (Å²) in [6.45, 7) is 14.1. The minimum atomic E-state index is 0.473. The molecule has 0 radical (unpaired) electrons. The van der Waals surface area contributed by atoms with Gasteiger partial charge >= 0.3 is 0 Å². The minimum Gasteiger partial charge on any atom is -0.378 e. The average molecular weight is 357 g/mol. The van der Waals surface area contributed by atoms with Crippen molar-refractivity contribution >= 4 is 5.69 Å². The zero-order valence-corrected chi connectivity index (χ0v) is 16.9. The van der Waals surface area contributed by atoms with Crippen LogP contribution >= 0.6 is 0 Å². The molecule has 0 aliphatic carbocycles. The fraction of sp³-hybridized carbons (Fsp3) is 0.739. The summed E-state index contributed by atoms with van der Waals surface area (Å²) in [4.78, 5) is 5.31. The highest BCUT2D eigenvalue weighted by molar-refractivity contribution is 5.48. The predicted molar refractivity (Wildman–Crippen MR) is 109 cm³/mol. The van der Waals surface area contributed by atoms with E-state index in [1.165, 1.54) is 69.7 Å². The van der Waals surface area contributed by atoms with Crippen LogP contribution in [-0.2, 0) is 4.74 Å². The van der Waals surface area contributed by atoms with E-state index in [1.807, 2.05) is 0 Å². The summed E-state index contributed by atoms with van der Waals surface area (Å²) in [7, 11) is 0. The van der Waals surface area contributed by atoms with Crippen molar-refractivity contribution < 1.29 is 4.74 Å². The van der Waals surface area contributed by atoms with Gasteiger partial charge in [-0.2, -0.15) is 0 Å². The number of anilines is 1. The largest absolute Gasteiger partial charge is 0.378 e. The Labute approximate surface area is 159 Å². The molecule has 3 heteroatoms. The molecule has 0 amide bonds. The monoisotopic (exact) mass is 356 g/mol. The Morgan fingerprint density at radius 2 is 1.65 bits per heavy atom. The van der Waals surface area contributed by atoms with Crippen molar-refractivity contribution in [3.8, 4) is 0 Å². The molecular weight excluding hydrogens is 320 g/mol. The van der Waals surface area contributed by atoms with Gasteiger partial charge in [0, 0.05) is 38.4 Å². The first-order valence-electron chi connectivity index (χ1n) is 10.8. The fourth-order valence-corrected chi connectivity index (χ4v) is 5.39. The van der Waals surface area contributed by atoms with Crippen molar-refractivity contribution in [2.45, 2.75) is 52.6 Å². The van der Waals surface area contributed by atoms with Crippen LogP contribution in [0.4, 0.5) is 5.69 Å². The molecular formula is C23H36N2O. The number of hydrogen-bond acceptors (Lipinski definition) is 3. The highest BCUT2D eigenvalue weighted by atomic mass is 16.5. The van der Waals surface area contributed by atoms with Gasteiger partial charge in [-0.25, -0.2) is 0 Å². The summed E-state index contributed by atoms with van der Waals surface area (Å²) in [6.07, 6.45) is 5.54. The molecule has 3 aliphatic rings. The fourth-order valence-electron chi connectivity index (χ4n) is 5.39. The van der Waals surface area contributed by atoms with Crippen LogP contribution in [0.15, 0.2) is 24.3 Å². The predicted octanol–water partition coefficient (Wildman–Crippen LogP) is 4.35. The second kappa shape index (κ2) is 7.52. The van der Waals surface area contributed by atoms with Gasteiger partial charge in [0.1, 0.15) is 0 Å². The molecule has 0 bridgehead atoms. The third kappa shape index (κ3) is 3.66. The van der Waals surface area contributed by atoms with E-state index in [4.69, 9.17) is 4.74 Å². The van der Waals surface area contributed by atoms with Crippen molar-refractivity contribution in [2.24, 2.45) is 17.3 Å². The molecule has 0 aromatic heterocycles. The molecule has 0 saturated carbocycles. The third-order valence-electron chi connectivity index (χ3n) is 7.51. The maximum Gasteiger partial charge on any atom is 0.0593 e. The molecule has 4 rings (SSSR count). The Morgan fingerprint density at radius 3 is 2.23 bits per heavy atom. The Kier molecular flexibility index (Phi) is 5.29. The SMILES string of the molecule is CCC1(CC)COC(CCN2CC3CN(c4ccc(C)cc4)CC3C2)C1. The van der Waals surface area contributed by atoms with E-state index in [-0.39, 0.29) is 0 Å². The van der Waals surface area contributed by atoms with Gasteiger partial charge in [0.05, 0.1) is 12.7 Å². The Bertz CT molecular complexity index is 581. The second-order valence-corrected chi connectivity index (χ2v) is 9.15. The smallest absolute Gasteiger partial charge is 0.0593 e. The van der Waals surface area contributed by atoms with E-state index in [2.05, 4.69) is 54.8 Å². The van der Waals surface area contributed by atoms with Gasteiger partial charge in [0.25, 0.3) is 0 Å². The Morgan fingerprint density at radius 1 is 1.00 bits per heavy atom. The number of hydrogen-bond donors (Lipinski definition) is 0. The summed E-state index contributed by atoms with van der Waals surface area (Å²) < 4.78 is 6.15. The molecule has 3 fully saturated rings. The second-order valence-electron chi connectivity index (χ2n) is 9.15. The molecule has 1 aromatic carbocycles. The molecule has 3 saturated heterocycles. The number of fused-ring (bicyclic) bond motifs is 1. The van der Waals surface area contributed by atoms with Gasteiger partial charge in [-0.3, -0.25) is 0 Å². The third-order valence-corrected chi connectivity index (χ3v) is 7.51. The summed E-state index contributed by atoms with van der Waals surface area (Å²) in [5.74, 6) is 1.71. The zero-order chi connectivity index (χ0) is 18.1. The lowest BCUT2D eigenvalue weighted by Crippen LogP contribution is -2.30. The summed E-state index contributed by atoms with van der Waals surface area (Å²) in [5.41, 5.74) is 3.23. The topological polar surface area (TPSA) is 15.7 Å². The van der Waals surface area contributed by atoms with Crippen LogP contribution in [0.3, 0.4) is 0 Å². The van der Waals surface area contributed by atoms with Gasteiger partial charge < -0.3 is 14.5 Å². The maximum absolute atomic E-state index is 6.15. The number of benzene rings is 1. The highest BCUT2D eigenvalue weighted by Gasteiger charge is 2.41. The molecule has 3 atom stereocenters. The van der Waals surface area contributed by atoms with Gasteiger partial charge in [0.15, 0.2) is 0 Å². The van der Waals surface area contributed by atoms with E-state index in [1.54, 1.807) is 0 Å². The Hall–Kier alpha value is -1.06. The lowest BCUT2D eigenvalue weighted by atomic mass is 9.80. The van der Waals surface area contributed by atoms with Crippen molar-refractivity contribution in [3.05, 3.63) is 29.8 Å². The van der Waals surface area contributed by atoms with Crippen molar-refractivity contribution in [3.63, 3.8) is 0 Å². The van der Waals surface area contributed by atoms with Crippen molar-refractivity contribution in [2.75, 3.05) is 44.2 Å². The average Bonchev–Trinajstić information content (AvgIpc) is 3.34. The van der Waals surface area contributed by atoms with Crippen LogP contribution in [0.25, 0.3) is 0 Å². The van der Waals surface area contributed by atoms with E-state index in [0.29, 0.717) is 11.5 Å². The van der Waals surface area contributed by atoms with E-state index in [0.717, 1.165) is 18.4 Å². The summed E-state index contributed by atoms with van der Waals surface area (Å²) in [5, 5.41) is 0. The molecule has 1 aromatic rings. The lowest BCUT2D eigenvalue weighted by molar-refractivity contribution is 0.0806. The van der Waals surface area contributed by atoms with Crippen LogP contribution in [-0.4, -0.2) is 50.3 Å². The standard InChI is InChI=1S/C23H36N2O/c1-4-23(5-2)12-22(26-17-23)10-11-24-13-19-15-25(16-20(19)14-24)21-8-6-18(3)7-9-21/h6-9,19-20,22H,4-5,10-17H2,1-3H3. The van der Waals surface area contributed by atoms with Crippen LogP contribution in [0.5, 0.6) is 0 Å². The number of ether oxygens (including phenoxy) is 1. The number of likely N-dealkylation sites (tertiary alicyclic amines) is 1. The maximum atomic E-state index is 6.15. The van der Waals surface area contributed by atoms with Crippen LogP contribution in [0.2, 0.25) is 0 Å². The number of aryl methyl sites for hydroxylation is 1. The number of rotatable bonds is 6. The molecule has 3 heterocycles. The molecule has 0 spiro atoms. The number of nitrogens with zero attached hydrogens (tertiary/aromatic N) is 2. The first-order chi connectivity index (χ1) is 12.6. The lowest BCUT2D eigenvalue weighted by Gasteiger charge is -2.25. The van der Waals surface area contributed by atoms with E-state index in [9.17, 15) is 0 Å². The molecule has 0 N–H and O–H groups in total. The quantitative estimate of drug-likeness (QED) is 0.754. The molecule has 3 aliphatic heterocycles. The van der Waals surface area contributed by atoms with E-state index < -0.39 is 0 Å². The normalized spacial score (nSPS) is 30.9. The zero-order valence-electron chi connectivity index (χ0n) is 16.9. The van der Waals surface area contributed by atoms with Crippen LogP contribution in [0.1, 0.15) is 45.1 Å². The van der Waals surface area contributed by atoms with Gasteiger partial charge in [-0.15, -0.1) is 0 Å². The van der Waals surface area contributed by atoms with Gasteiger partial charge in [-0.05, 0) is 62.0 Å². The molecule has 144 valence electrons. The molecule has 3 unspecified atom stereocenters. The van der Waals surface area contributed by atoms with Gasteiger partial charge in [0.2, 0.25) is 0 Å². The van der Waals surface area contributed by atoms with E-state index >= 15 is 0 Å².